The number of benzene rings is 1. The Balaban J connectivity index is 2.10. The summed E-state index contributed by atoms with van der Waals surface area (Å²) >= 11 is 4.39. The van der Waals surface area contributed by atoms with Gasteiger partial charge < -0.3 is 5.73 Å². The highest BCUT2D eigenvalue weighted by atomic mass is 79.9. The first-order chi connectivity index (χ1) is 8.47. The lowest BCUT2D eigenvalue weighted by atomic mass is 10.4. The lowest BCUT2D eigenvalue weighted by Crippen LogP contribution is -2.23. The van der Waals surface area contributed by atoms with E-state index in [4.69, 9.17) is 5.73 Å². The summed E-state index contributed by atoms with van der Waals surface area (Å²) in [5.74, 6) is 0. The van der Waals surface area contributed by atoms with Crippen molar-refractivity contribution in [2.45, 2.75) is 11.4 Å². The van der Waals surface area contributed by atoms with Crippen molar-refractivity contribution in [1.82, 2.24) is 14.9 Å². The van der Waals surface area contributed by atoms with Crippen LogP contribution in [0.4, 0.5) is 5.13 Å². The van der Waals surface area contributed by atoms with Gasteiger partial charge in [-0.2, -0.15) is 0 Å². The molecule has 6 nitrogen and oxygen atoms in total. The SMILES string of the molecule is Nc1nnc(CNS(=O)(=O)c2ccc(Br)cc2)s1. The molecule has 0 saturated carbocycles. The minimum atomic E-state index is -3.54. The molecule has 1 aromatic heterocycles. The molecule has 18 heavy (non-hydrogen) atoms. The number of nitrogen functional groups attached to an aromatic ring is 1. The van der Waals surface area contributed by atoms with Gasteiger partial charge in [-0.1, -0.05) is 27.3 Å². The normalized spacial score (nSPS) is 11.6. The Labute approximate surface area is 116 Å². The number of nitrogens with zero attached hydrogens (tertiary/aromatic N) is 2. The van der Waals surface area contributed by atoms with Gasteiger partial charge in [0.25, 0.3) is 0 Å². The highest BCUT2D eigenvalue weighted by Gasteiger charge is 2.14. The third-order valence-electron chi connectivity index (χ3n) is 2.02. The molecule has 0 unspecified atom stereocenters. The molecule has 0 aliphatic carbocycles. The second-order valence-electron chi connectivity index (χ2n) is 3.31. The minimum absolute atomic E-state index is 0.0767. The molecule has 1 aromatic carbocycles. The molecule has 0 fully saturated rings. The summed E-state index contributed by atoms with van der Waals surface area (Å²) in [6.07, 6.45) is 0. The molecule has 0 atom stereocenters. The number of sulfonamides is 1. The van der Waals surface area contributed by atoms with Crippen molar-refractivity contribution in [3.8, 4) is 0 Å². The lowest BCUT2D eigenvalue weighted by molar-refractivity contribution is 0.581. The summed E-state index contributed by atoms with van der Waals surface area (Å²) in [7, 11) is -3.54. The van der Waals surface area contributed by atoms with Crippen molar-refractivity contribution in [1.29, 1.82) is 0 Å². The Morgan fingerprint density at radius 3 is 2.50 bits per heavy atom. The molecule has 0 bridgehead atoms. The van der Waals surface area contributed by atoms with E-state index in [1.54, 1.807) is 12.1 Å². The number of halogens is 1. The molecule has 1 heterocycles. The second kappa shape index (κ2) is 5.31. The quantitative estimate of drug-likeness (QED) is 0.869. The molecule has 0 aliphatic rings. The van der Waals surface area contributed by atoms with Crippen LogP contribution in [0, 0.1) is 0 Å². The first kappa shape index (κ1) is 13.4. The van der Waals surface area contributed by atoms with Crippen molar-refractivity contribution < 1.29 is 8.42 Å². The van der Waals surface area contributed by atoms with E-state index in [0.717, 1.165) is 15.8 Å². The van der Waals surface area contributed by atoms with Crippen LogP contribution >= 0.6 is 27.3 Å². The van der Waals surface area contributed by atoms with E-state index in [1.807, 2.05) is 0 Å². The Morgan fingerprint density at radius 2 is 1.94 bits per heavy atom. The van der Waals surface area contributed by atoms with Gasteiger partial charge in [-0.3, -0.25) is 0 Å². The van der Waals surface area contributed by atoms with Crippen LogP contribution in [0.2, 0.25) is 0 Å². The summed E-state index contributed by atoms with van der Waals surface area (Å²) in [6.45, 7) is 0.0767. The van der Waals surface area contributed by atoms with Crippen LogP contribution in [-0.2, 0) is 16.6 Å². The first-order valence-corrected chi connectivity index (χ1v) is 7.90. The number of rotatable bonds is 4. The van der Waals surface area contributed by atoms with Crippen LogP contribution in [0.25, 0.3) is 0 Å². The number of aromatic nitrogens is 2. The summed E-state index contributed by atoms with van der Waals surface area (Å²) in [4.78, 5) is 0.197. The van der Waals surface area contributed by atoms with E-state index in [1.165, 1.54) is 12.1 Å². The average molecular weight is 349 g/mol. The third-order valence-corrected chi connectivity index (χ3v) is 4.72. The Bertz CT molecular complexity index is 639. The fourth-order valence-corrected chi connectivity index (χ4v) is 3.08. The Hall–Kier alpha value is -1.03. The van der Waals surface area contributed by atoms with Gasteiger partial charge in [0.2, 0.25) is 15.2 Å². The molecule has 2 rings (SSSR count). The zero-order valence-corrected chi connectivity index (χ0v) is 12.2. The van der Waals surface area contributed by atoms with Crippen molar-refractivity contribution >= 4 is 42.4 Å². The predicted molar refractivity (Wildman–Crippen MR) is 72.5 cm³/mol. The highest BCUT2D eigenvalue weighted by molar-refractivity contribution is 9.10. The maximum absolute atomic E-state index is 11.9. The summed E-state index contributed by atoms with van der Waals surface area (Å²) in [6, 6.07) is 6.36. The second-order valence-corrected chi connectivity index (χ2v) is 7.09. The molecular weight excluding hydrogens is 340 g/mol. The molecule has 0 spiro atoms. The number of hydrogen-bond acceptors (Lipinski definition) is 6. The largest absolute Gasteiger partial charge is 0.374 e. The monoisotopic (exact) mass is 348 g/mol. The summed E-state index contributed by atoms with van der Waals surface area (Å²) in [5.41, 5.74) is 5.41. The van der Waals surface area contributed by atoms with Gasteiger partial charge in [0.1, 0.15) is 5.01 Å². The van der Waals surface area contributed by atoms with Gasteiger partial charge in [0.15, 0.2) is 0 Å². The van der Waals surface area contributed by atoms with Crippen LogP contribution < -0.4 is 10.5 Å². The molecule has 3 N–H and O–H groups in total. The molecule has 2 aromatic rings. The van der Waals surface area contributed by atoms with Crippen molar-refractivity contribution in [2.75, 3.05) is 5.73 Å². The highest BCUT2D eigenvalue weighted by Crippen LogP contribution is 2.16. The number of hydrogen-bond donors (Lipinski definition) is 2. The van der Waals surface area contributed by atoms with Crippen LogP contribution in [0.1, 0.15) is 5.01 Å². The van der Waals surface area contributed by atoms with Gasteiger partial charge >= 0.3 is 0 Å². The van der Waals surface area contributed by atoms with Crippen LogP contribution in [-0.4, -0.2) is 18.6 Å². The van der Waals surface area contributed by atoms with Crippen molar-refractivity contribution in [2.24, 2.45) is 0 Å². The maximum atomic E-state index is 11.9. The lowest BCUT2D eigenvalue weighted by Gasteiger charge is -2.04. The minimum Gasteiger partial charge on any atom is -0.374 e. The van der Waals surface area contributed by atoms with E-state index < -0.39 is 10.0 Å². The van der Waals surface area contributed by atoms with Gasteiger partial charge in [0.05, 0.1) is 11.4 Å². The fourth-order valence-electron chi connectivity index (χ4n) is 1.19. The molecular formula is C9H9BrN4O2S2. The molecule has 0 radical (unpaired) electrons. The molecule has 0 saturated heterocycles. The number of anilines is 1. The molecule has 96 valence electrons. The van der Waals surface area contributed by atoms with Crippen LogP contribution in [0.3, 0.4) is 0 Å². The van der Waals surface area contributed by atoms with E-state index in [-0.39, 0.29) is 11.4 Å². The summed E-state index contributed by atoms with van der Waals surface area (Å²) in [5, 5.41) is 8.18. The molecule has 0 aliphatic heterocycles. The smallest absolute Gasteiger partial charge is 0.240 e. The standard InChI is InChI=1S/C9H9BrN4O2S2/c10-6-1-3-7(4-2-6)18(15,16)12-5-8-13-14-9(11)17-8/h1-4,12H,5H2,(H2,11,14). The number of nitrogens with one attached hydrogen (secondary N) is 1. The molecule has 0 amide bonds. The topological polar surface area (TPSA) is 98.0 Å². The zero-order valence-electron chi connectivity index (χ0n) is 9.00. The van der Waals surface area contributed by atoms with Crippen molar-refractivity contribution in [3.05, 3.63) is 33.7 Å². The van der Waals surface area contributed by atoms with Crippen LogP contribution in [0.15, 0.2) is 33.6 Å². The predicted octanol–water partition coefficient (Wildman–Crippen LogP) is 1.36. The van der Waals surface area contributed by atoms with Gasteiger partial charge in [-0.25, -0.2) is 13.1 Å². The zero-order chi connectivity index (χ0) is 13.2. The van der Waals surface area contributed by atoms with E-state index >= 15 is 0 Å². The van der Waals surface area contributed by atoms with Gasteiger partial charge in [-0.15, -0.1) is 10.2 Å². The van der Waals surface area contributed by atoms with E-state index in [0.29, 0.717) is 10.1 Å². The fraction of sp³-hybridized carbons (Fsp3) is 0.111. The molecule has 9 heteroatoms. The Morgan fingerprint density at radius 1 is 1.28 bits per heavy atom. The maximum Gasteiger partial charge on any atom is 0.240 e. The Kier molecular flexibility index (Phi) is 3.95. The summed E-state index contributed by atoms with van der Waals surface area (Å²) < 4.78 is 27.1. The van der Waals surface area contributed by atoms with Crippen molar-refractivity contribution in [3.63, 3.8) is 0 Å². The third kappa shape index (κ3) is 3.25. The van der Waals surface area contributed by atoms with Crippen LogP contribution in [0.5, 0.6) is 0 Å². The van der Waals surface area contributed by atoms with E-state index in [9.17, 15) is 8.42 Å². The van der Waals surface area contributed by atoms with Gasteiger partial charge in [-0.05, 0) is 24.3 Å². The first-order valence-electron chi connectivity index (χ1n) is 4.80. The number of nitrogens with two attached hydrogens (primary N) is 1. The van der Waals surface area contributed by atoms with Gasteiger partial charge in [0, 0.05) is 4.47 Å². The van der Waals surface area contributed by atoms with E-state index in [2.05, 4.69) is 30.8 Å². The average Bonchev–Trinajstić information content (AvgIpc) is 2.73.